The van der Waals surface area contributed by atoms with Crippen molar-refractivity contribution in [2.24, 2.45) is 0 Å². The summed E-state index contributed by atoms with van der Waals surface area (Å²) in [6, 6.07) is 9.77. The number of rotatable bonds is 5. The van der Waals surface area contributed by atoms with Gasteiger partial charge in [-0.3, -0.25) is 0 Å². The topological polar surface area (TPSA) is 55.8 Å². The second-order valence-corrected chi connectivity index (χ2v) is 9.42. The molecule has 0 aromatic heterocycles. The molecule has 0 aliphatic carbocycles. The van der Waals surface area contributed by atoms with E-state index in [2.05, 4.69) is 0 Å². The highest BCUT2D eigenvalue weighted by Crippen LogP contribution is 2.44. The smallest absolute Gasteiger partial charge is 0.244 e. The number of nitrogens with zero attached hydrogens (tertiary/aromatic N) is 1. The molecule has 0 N–H and O–H groups in total. The maximum absolute atomic E-state index is 13.1. The van der Waals surface area contributed by atoms with Crippen molar-refractivity contribution in [1.82, 2.24) is 4.31 Å². The number of hydrogen-bond donors (Lipinski definition) is 0. The largest absolute Gasteiger partial charge is 0.493 e. The van der Waals surface area contributed by atoms with E-state index in [0.29, 0.717) is 28.8 Å². The van der Waals surface area contributed by atoms with Gasteiger partial charge in [-0.15, -0.1) is 11.8 Å². The summed E-state index contributed by atoms with van der Waals surface area (Å²) in [7, 11) is -0.606. The average molecular weight is 434 g/mol. The van der Waals surface area contributed by atoms with Crippen molar-refractivity contribution in [2.45, 2.75) is 10.3 Å². The van der Waals surface area contributed by atoms with Gasteiger partial charge in [0.15, 0.2) is 11.5 Å². The Kier molecular flexibility index (Phi) is 5.94. The summed E-state index contributed by atoms with van der Waals surface area (Å²) in [5.41, 5.74) is 0.828. The number of ether oxygens (including phenoxy) is 2. The van der Waals surface area contributed by atoms with E-state index in [9.17, 15) is 8.42 Å². The number of hydrogen-bond acceptors (Lipinski definition) is 5. The molecule has 1 aliphatic heterocycles. The van der Waals surface area contributed by atoms with Crippen molar-refractivity contribution < 1.29 is 17.9 Å². The third-order valence-electron chi connectivity index (χ3n) is 4.04. The van der Waals surface area contributed by atoms with Gasteiger partial charge in [-0.05, 0) is 35.9 Å². The minimum atomic E-state index is -3.71. The first-order chi connectivity index (χ1) is 12.4. The molecule has 1 saturated heterocycles. The Hall–Kier alpha value is -1.12. The molecule has 0 unspecified atom stereocenters. The van der Waals surface area contributed by atoms with Crippen LogP contribution in [0.5, 0.6) is 11.5 Å². The predicted molar refractivity (Wildman–Crippen MR) is 105 cm³/mol. The maximum Gasteiger partial charge on any atom is 0.244 e. The highest BCUT2D eigenvalue weighted by atomic mass is 35.5. The van der Waals surface area contributed by atoms with Gasteiger partial charge >= 0.3 is 0 Å². The van der Waals surface area contributed by atoms with Crippen LogP contribution in [0.1, 0.15) is 10.9 Å². The minimum Gasteiger partial charge on any atom is -0.493 e. The van der Waals surface area contributed by atoms with E-state index >= 15 is 0 Å². The first-order valence-electron chi connectivity index (χ1n) is 7.69. The van der Waals surface area contributed by atoms with Gasteiger partial charge in [0.1, 0.15) is 0 Å². The van der Waals surface area contributed by atoms with Crippen molar-refractivity contribution in [3.05, 3.63) is 52.0 Å². The molecule has 1 heterocycles. The molecule has 0 radical (unpaired) electrons. The Morgan fingerprint density at radius 2 is 1.77 bits per heavy atom. The summed E-state index contributed by atoms with van der Waals surface area (Å²) in [6.07, 6.45) is 0. The molecular formula is C17H17Cl2NO4S2. The van der Waals surface area contributed by atoms with Crippen molar-refractivity contribution in [1.29, 1.82) is 0 Å². The fourth-order valence-electron chi connectivity index (χ4n) is 2.74. The monoisotopic (exact) mass is 433 g/mol. The fourth-order valence-corrected chi connectivity index (χ4v) is 6.36. The number of sulfonamides is 1. The van der Waals surface area contributed by atoms with Crippen LogP contribution in [0.2, 0.25) is 10.0 Å². The Morgan fingerprint density at radius 3 is 2.42 bits per heavy atom. The van der Waals surface area contributed by atoms with Crippen molar-refractivity contribution in [3.63, 3.8) is 0 Å². The van der Waals surface area contributed by atoms with Crippen LogP contribution in [0.3, 0.4) is 0 Å². The molecule has 1 aliphatic rings. The molecule has 0 saturated carbocycles. The van der Waals surface area contributed by atoms with E-state index in [4.69, 9.17) is 32.7 Å². The molecule has 2 aromatic rings. The Bertz CT molecular complexity index is 921. The summed E-state index contributed by atoms with van der Waals surface area (Å²) in [4.78, 5) is 0.125. The van der Waals surface area contributed by atoms with Crippen LogP contribution < -0.4 is 9.47 Å². The van der Waals surface area contributed by atoms with Crippen LogP contribution in [0.15, 0.2) is 41.3 Å². The molecule has 9 heteroatoms. The summed E-state index contributed by atoms with van der Waals surface area (Å²) in [5, 5.41) is 0.175. The lowest BCUT2D eigenvalue weighted by atomic mass is 10.2. The van der Waals surface area contributed by atoms with E-state index in [1.54, 1.807) is 38.1 Å². The second-order valence-electron chi connectivity index (χ2n) is 5.53. The summed E-state index contributed by atoms with van der Waals surface area (Å²) in [6.45, 7) is 0.409. The zero-order valence-corrected chi connectivity index (χ0v) is 17.3. The van der Waals surface area contributed by atoms with Crippen LogP contribution in [-0.4, -0.2) is 39.2 Å². The van der Waals surface area contributed by atoms with Gasteiger partial charge in [0.25, 0.3) is 0 Å². The summed E-state index contributed by atoms with van der Waals surface area (Å²) in [5.74, 6) is 1.85. The lowest BCUT2D eigenvalue weighted by Gasteiger charge is -2.24. The molecule has 140 valence electrons. The summed E-state index contributed by atoms with van der Waals surface area (Å²) >= 11 is 13.5. The Balaban J connectivity index is 1.98. The van der Waals surface area contributed by atoms with Crippen LogP contribution in [0.25, 0.3) is 0 Å². The average Bonchev–Trinajstić information content (AvgIpc) is 3.14. The first kappa shape index (κ1) is 19.6. The molecule has 3 rings (SSSR count). The second kappa shape index (κ2) is 7.86. The zero-order chi connectivity index (χ0) is 18.9. The van der Waals surface area contributed by atoms with Crippen LogP contribution in [0.4, 0.5) is 0 Å². The van der Waals surface area contributed by atoms with E-state index in [1.807, 2.05) is 6.07 Å². The van der Waals surface area contributed by atoms with E-state index in [1.165, 1.54) is 22.5 Å². The van der Waals surface area contributed by atoms with Gasteiger partial charge in [-0.25, -0.2) is 8.42 Å². The maximum atomic E-state index is 13.1. The van der Waals surface area contributed by atoms with Crippen molar-refractivity contribution in [3.8, 4) is 11.5 Å². The minimum absolute atomic E-state index is 0.125. The van der Waals surface area contributed by atoms with Crippen LogP contribution in [0, 0.1) is 0 Å². The van der Waals surface area contributed by atoms with Crippen LogP contribution in [-0.2, 0) is 10.0 Å². The SMILES string of the molecule is COc1ccc([C@@H]2SCCN2S(=O)(=O)c2ccc(Cl)c(Cl)c2)cc1OC. The number of methoxy groups -OCH3 is 2. The predicted octanol–water partition coefficient (Wildman–Crippen LogP) is 4.45. The Labute approximate surface area is 167 Å². The molecule has 0 bridgehead atoms. The van der Waals surface area contributed by atoms with Gasteiger partial charge in [-0.1, -0.05) is 29.3 Å². The quantitative estimate of drug-likeness (QED) is 0.696. The van der Waals surface area contributed by atoms with Crippen molar-refractivity contribution >= 4 is 45.0 Å². The highest BCUT2D eigenvalue weighted by molar-refractivity contribution is 8.01. The van der Waals surface area contributed by atoms with Gasteiger partial charge in [0.05, 0.1) is 34.5 Å². The molecule has 0 amide bonds. The lowest BCUT2D eigenvalue weighted by molar-refractivity contribution is 0.353. The standard InChI is InChI=1S/C17H17Cl2NO4S2/c1-23-15-6-3-11(9-16(15)24-2)17-20(7-8-25-17)26(21,22)12-4-5-13(18)14(19)10-12/h3-6,9-10,17H,7-8H2,1-2H3/t17-/m0/s1. The number of benzene rings is 2. The van der Waals surface area contributed by atoms with E-state index < -0.39 is 10.0 Å². The lowest BCUT2D eigenvalue weighted by Crippen LogP contribution is -2.30. The van der Waals surface area contributed by atoms with Crippen molar-refractivity contribution in [2.75, 3.05) is 26.5 Å². The summed E-state index contributed by atoms with van der Waals surface area (Å²) < 4.78 is 38.3. The zero-order valence-electron chi connectivity index (χ0n) is 14.1. The fraction of sp³-hybridized carbons (Fsp3) is 0.294. The van der Waals surface area contributed by atoms with E-state index in [0.717, 1.165) is 5.56 Å². The van der Waals surface area contributed by atoms with Gasteiger partial charge < -0.3 is 9.47 Å². The molecule has 0 spiro atoms. The normalized spacial score (nSPS) is 18.1. The molecular weight excluding hydrogens is 417 g/mol. The molecule has 1 atom stereocenters. The highest BCUT2D eigenvalue weighted by Gasteiger charge is 2.37. The van der Waals surface area contributed by atoms with Gasteiger partial charge in [-0.2, -0.15) is 4.31 Å². The van der Waals surface area contributed by atoms with Gasteiger partial charge in [0.2, 0.25) is 10.0 Å². The van der Waals surface area contributed by atoms with E-state index in [-0.39, 0.29) is 15.3 Å². The first-order valence-corrected chi connectivity index (χ1v) is 10.9. The molecule has 1 fully saturated rings. The molecule has 2 aromatic carbocycles. The van der Waals surface area contributed by atoms with Gasteiger partial charge in [0, 0.05) is 12.3 Å². The molecule has 5 nitrogen and oxygen atoms in total. The third-order valence-corrected chi connectivity index (χ3v) is 8.03. The molecule has 26 heavy (non-hydrogen) atoms. The Morgan fingerprint density at radius 1 is 1.04 bits per heavy atom. The number of halogens is 2. The number of thioether (sulfide) groups is 1. The third kappa shape index (κ3) is 3.64. The van der Waals surface area contributed by atoms with Crippen LogP contribution >= 0.6 is 35.0 Å².